The molecular formula is C7H3NO6. The fourth-order valence-electron chi connectivity index (χ4n) is 1.08. The minimum Gasteiger partial charge on any atom is -0.478 e. The second-order valence-electron chi connectivity index (χ2n) is 2.52. The van der Waals surface area contributed by atoms with E-state index in [1.54, 1.807) is 0 Å². The second kappa shape index (κ2) is 2.59. The van der Waals surface area contributed by atoms with Crippen LogP contribution in [0.5, 0.6) is 0 Å². The van der Waals surface area contributed by atoms with Crippen molar-refractivity contribution < 1.29 is 24.0 Å². The molecule has 72 valence electrons. The molecule has 0 atom stereocenters. The molecule has 7 heteroatoms. The molecule has 0 radical (unpaired) electrons. The van der Waals surface area contributed by atoms with E-state index < -0.39 is 10.9 Å². The van der Waals surface area contributed by atoms with Gasteiger partial charge in [0.1, 0.15) is 5.56 Å². The monoisotopic (exact) mass is 197 g/mol. The SMILES string of the molecule is O=C(O)c1ccc([N+](=O)[O-])c2ooc12. The maximum atomic E-state index is 10.6. The van der Waals surface area contributed by atoms with Crippen molar-refractivity contribution in [3.63, 3.8) is 0 Å². The molecule has 1 aromatic heterocycles. The Labute approximate surface area is 75.6 Å². The number of benzene rings is 1. The summed E-state index contributed by atoms with van der Waals surface area (Å²) in [4.78, 5) is 20.3. The van der Waals surface area contributed by atoms with Crippen LogP contribution in [0.1, 0.15) is 10.4 Å². The van der Waals surface area contributed by atoms with Gasteiger partial charge in [0.2, 0.25) is 5.58 Å². The number of rotatable bonds is 2. The van der Waals surface area contributed by atoms with Gasteiger partial charge in [-0.1, -0.05) is 0 Å². The Morgan fingerprint density at radius 1 is 1.36 bits per heavy atom. The second-order valence-corrected chi connectivity index (χ2v) is 2.52. The number of aromatic carboxylic acids is 1. The summed E-state index contributed by atoms with van der Waals surface area (Å²) >= 11 is 0. The smallest absolute Gasteiger partial charge is 0.339 e. The third-order valence-corrected chi connectivity index (χ3v) is 1.73. The summed E-state index contributed by atoms with van der Waals surface area (Å²) < 4.78 is 8.73. The van der Waals surface area contributed by atoms with E-state index in [1.165, 1.54) is 0 Å². The number of carboxylic acid groups (broad SMARTS) is 1. The van der Waals surface area contributed by atoms with Crippen molar-refractivity contribution in [2.45, 2.75) is 0 Å². The van der Waals surface area contributed by atoms with Crippen molar-refractivity contribution in [1.29, 1.82) is 0 Å². The number of carboxylic acids is 1. The summed E-state index contributed by atoms with van der Waals surface area (Å²) in [7, 11) is 0. The maximum absolute atomic E-state index is 10.6. The summed E-state index contributed by atoms with van der Waals surface area (Å²) in [6, 6.07) is 2.16. The van der Waals surface area contributed by atoms with Gasteiger partial charge in [0.05, 0.1) is 4.92 Å². The fourth-order valence-corrected chi connectivity index (χ4v) is 1.08. The average Bonchev–Trinajstić information content (AvgIpc) is 2.04. The van der Waals surface area contributed by atoms with Gasteiger partial charge in [0, 0.05) is 6.07 Å². The fraction of sp³-hybridized carbons (Fsp3) is 0. The zero-order chi connectivity index (χ0) is 10.3. The van der Waals surface area contributed by atoms with Gasteiger partial charge in [-0.2, -0.15) is 0 Å². The molecule has 0 saturated heterocycles. The van der Waals surface area contributed by atoms with E-state index >= 15 is 0 Å². The molecule has 0 aliphatic heterocycles. The molecule has 0 saturated carbocycles. The normalized spacial score (nSPS) is 10.6. The van der Waals surface area contributed by atoms with Crippen molar-refractivity contribution in [3.05, 3.63) is 27.8 Å². The quantitative estimate of drug-likeness (QED) is 0.445. The van der Waals surface area contributed by atoms with Crippen LogP contribution >= 0.6 is 0 Å². The molecule has 0 aliphatic rings. The molecule has 1 N–H and O–H groups in total. The number of fused-ring (bicyclic) bond motifs is 1. The van der Waals surface area contributed by atoms with Gasteiger partial charge in [-0.15, -0.1) is 0 Å². The van der Waals surface area contributed by atoms with Crippen LogP contribution in [0, 0.1) is 10.1 Å². The molecule has 7 nitrogen and oxygen atoms in total. The lowest BCUT2D eigenvalue weighted by Gasteiger charge is -2.01. The highest BCUT2D eigenvalue weighted by Gasteiger charge is 2.25. The standard InChI is InChI=1S/C7H3NO6/c9-7(10)3-1-2-4(8(11)12)6-5(3)13-14-6/h1-2H,(H,9,10). The number of non-ortho nitro benzene ring substituents is 1. The molecule has 14 heavy (non-hydrogen) atoms. The predicted molar refractivity (Wildman–Crippen MR) is 42.1 cm³/mol. The van der Waals surface area contributed by atoms with Gasteiger partial charge >= 0.3 is 17.2 Å². The molecule has 2 rings (SSSR count). The molecular weight excluding hydrogens is 194 g/mol. The van der Waals surface area contributed by atoms with Crippen LogP contribution in [-0.4, -0.2) is 16.0 Å². The number of carbonyl (C=O) groups is 1. The van der Waals surface area contributed by atoms with Crippen molar-refractivity contribution in [1.82, 2.24) is 0 Å². The first-order chi connectivity index (χ1) is 6.61. The Balaban J connectivity index is 2.69. The van der Waals surface area contributed by atoms with Crippen LogP contribution in [0.15, 0.2) is 21.3 Å². The van der Waals surface area contributed by atoms with Crippen molar-refractivity contribution in [3.8, 4) is 0 Å². The maximum Gasteiger partial charge on any atom is 0.339 e. The molecule has 2 aromatic rings. The largest absolute Gasteiger partial charge is 0.478 e. The van der Waals surface area contributed by atoms with Crippen molar-refractivity contribution >= 4 is 22.8 Å². The molecule has 1 heterocycles. The lowest BCUT2D eigenvalue weighted by Crippen LogP contribution is -2.00. The van der Waals surface area contributed by atoms with Crippen LogP contribution < -0.4 is 0 Å². The third-order valence-electron chi connectivity index (χ3n) is 1.73. The van der Waals surface area contributed by atoms with Gasteiger partial charge in [0.25, 0.3) is 0 Å². The number of nitrogens with zero attached hydrogens (tertiary/aromatic N) is 1. The Morgan fingerprint density at radius 3 is 2.43 bits per heavy atom. The van der Waals surface area contributed by atoms with Crippen LogP contribution in [0.3, 0.4) is 0 Å². The number of hydrogen-bond donors (Lipinski definition) is 1. The molecule has 1 aromatic carbocycles. The van der Waals surface area contributed by atoms with Crippen molar-refractivity contribution in [2.24, 2.45) is 0 Å². The minimum atomic E-state index is -1.22. The van der Waals surface area contributed by atoms with Crippen LogP contribution in [0.25, 0.3) is 11.2 Å². The average molecular weight is 197 g/mol. The molecule has 0 fully saturated rings. The Morgan fingerprint density at radius 2 is 2.00 bits per heavy atom. The van der Waals surface area contributed by atoms with Gasteiger partial charge in [-0.25, -0.2) is 4.79 Å². The van der Waals surface area contributed by atoms with Gasteiger partial charge < -0.3 is 5.11 Å². The summed E-state index contributed by atoms with van der Waals surface area (Å²) in [5.41, 5.74) is -0.713. The lowest BCUT2D eigenvalue weighted by atomic mass is 10.2. The van der Waals surface area contributed by atoms with E-state index in [9.17, 15) is 14.9 Å². The highest BCUT2D eigenvalue weighted by Crippen LogP contribution is 2.31. The molecule has 0 spiro atoms. The first-order valence-corrected chi connectivity index (χ1v) is 3.50. The van der Waals surface area contributed by atoms with Crippen LogP contribution in [-0.2, 0) is 0 Å². The molecule has 0 bridgehead atoms. The summed E-state index contributed by atoms with van der Waals surface area (Å²) in [6.45, 7) is 0. The van der Waals surface area contributed by atoms with Gasteiger partial charge in [-0.05, 0) is 6.07 Å². The van der Waals surface area contributed by atoms with E-state index in [0.29, 0.717) is 0 Å². The van der Waals surface area contributed by atoms with E-state index in [2.05, 4.69) is 9.15 Å². The number of hydrogen-bond acceptors (Lipinski definition) is 5. The first kappa shape index (κ1) is 8.30. The predicted octanol–water partition coefficient (Wildman–Crippen LogP) is 1.63. The zero-order valence-corrected chi connectivity index (χ0v) is 6.59. The first-order valence-electron chi connectivity index (χ1n) is 3.50. The Hall–Kier alpha value is -2.31. The van der Waals surface area contributed by atoms with Crippen molar-refractivity contribution in [2.75, 3.05) is 0 Å². The minimum absolute atomic E-state index is 0.105. The zero-order valence-electron chi connectivity index (χ0n) is 6.59. The highest BCUT2D eigenvalue weighted by molar-refractivity contribution is 6.02. The van der Waals surface area contributed by atoms with E-state index in [-0.39, 0.29) is 22.4 Å². The summed E-state index contributed by atoms with van der Waals surface area (Å²) in [5.74, 6) is -1.22. The Bertz CT molecular complexity index is 474. The molecule has 0 unspecified atom stereocenters. The van der Waals surface area contributed by atoms with E-state index in [4.69, 9.17) is 5.11 Å². The van der Waals surface area contributed by atoms with Gasteiger partial charge in [0.15, 0.2) is 0 Å². The van der Waals surface area contributed by atoms with Crippen LogP contribution in [0.2, 0.25) is 0 Å². The number of nitro groups is 1. The molecule has 0 aliphatic carbocycles. The highest BCUT2D eigenvalue weighted by atomic mass is 17.0. The van der Waals surface area contributed by atoms with E-state index in [0.717, 1.165) is 12.1 Å². The molecule has 0 amide bonds. The lowest BCUT2D eigenvalue weighted by molar-refractivity contribution is -0.384. The van der Waals surface area contributed by atoms with Crippen LogP contribution in [0.4, 0.5) is 5.69 Å². The number of nitro benzene ring substituents is 1. The topological polar surface area (TPSA) is 107 Å². The van der Waals surface area contributed by atoms with E-state index in [1.807, 2.05) is 0 Å². The summed E-state index contributed by atoms with van der Waals surface area (Å²) in [6.07, 6.45) is 0. The summed E-state index contributed by atoms with van der Waals surface area (Å²) in [5, 5.41) is 19.1. The Kier molecular flexibility index (Phi) is 1.53. The third kappa shape index (κ3) is 0.954. The van der Waals surface area contributed by atoms with Gasteiger partial charge in [-0.3, -0.25) is 19.3 Å².